The van der Waals surface area contributed by atoms with Gasteiger partial charge in [-0.15, -0.1) is 0 Å². The van der Waals surface area contributed by atoms with Crippen LogP contribution in [0.25, 0.3) is 0 Å². The number of rotatable bonds is 4. The van der Waals surface area contributed by atoms with Gasteiger partial charge in [-0.25, -0.2) is 8.78 Å². The van der Waals surface area contributed by atoms with Crippen molar-refractivity contribution in [3.8, 4) is 0 Å². The van der Waals surface area contributed by atoms with Gasteiger partial charge in [0, 0.05) is 16.9 Å². The van der Waals surface area contributed by atoms with Gasteiger partial charge in [0.05, 0.1) is 0 Å². The van der Waals surface area contributed by atoms with Crippen LogP contribution in [0, 0.1) is 6.92 Å². The van der Waals surface area contributed by atoms with Crippen LogP contribution in [0.2, 0.25) is 0 Å². The lowest BCUT2D eigenvalue weighted by atomic mass is 10.2. The summed E-state index contributed by atoms with van der Waals surface area (Å²) in [5.74, 6) is 0. The molecule has 0 heterocycles. The highest BCUT2D eigenvalue weighted by molar-refractivity contribution is 7.94. The Labute approximate surface area is 86.7 Å². The molecule has 0 aliphatic heterocycles. The van der Waals surface area contributed by atoms with E-state index < -0.39 is 12.5 Å². The Morgan fingerprint density at radius 1 is 1.21 bits per heavy atom. The minimum absolute atomic E-state index is 0.836. The molecule has 0 aromatic heterocycles. The molecule has 0 saturated carbocycles. The molecule has 0 aliphatic rings. The maximum atomic E-state index is 12.1. The third-order valence-corrected chi connectivity index (χ3v) is 2.54. The van der Waals surface area contributed by atoms with E-state index in [0.29, 0.717) is 0 Å². The van der Waals surface area contributed by atoms with E-state index in [1.807, 2.05) is 31.2 Å². The molecule has 0 saturated heterocycles. The van der Waals surface area contributed by atoms with Crippen LogP contribution >= 0.6 is 12.0 Å². The molecule has 0 N–H and O–H groups in total. The average Bonchev–Trinajstić information content (AvgIpc) is 2.16. The molecule has 1 rings (SSSR count). The summed E-state index contributed by atoms with van der Waals surface area (Å²) in [5.41, 5.74) is 1.14. The number of halogens is 2. The lowest BCUT2D eigenvalue weighted by Gasteiger charge is -2.09. The van der Waals surface area contributed by atoms with Crippen LogP contribution < -0.4 is 0 Å². The van der Waals surface area contributed by atoms with Gasteiger partial charge >= 0.3 is 0 Å². The van der Waals surface area contributed by atoms with Crippen LogP contribution in [0.15, 0.2) is 29.2 Å². The van der Waals surface area contributed by atoms with Gasteiger partial charge in [-0.2, -0.15) is 0 Å². The highest BCUT2D eigenvalue weighted by atomic mass is 32.2. The Bertz CT molecular complexity index is 274. The Morgan fingerprint density at radius 3 is 2.29 bits per heavy atom. The molecule has 0 bridgehead atoms. The van der Waals surface area contributed by atoms with Crippen LogP contribution in [0.1, 0.15) is 12.5 Å². The third-order valence-electron chi connectivity index (χ3n) is 1.67. The summed E-state index contributed by atoms with van der Waals surface area (Å²) < 4.78 is 29.0. The first-order valence-corrected chi connectivity index (χ1v) is 5.02. The maximum absolute atomic E-state index is 12.1. The van der Waals surface area contributed by atoms with E-state index in [1.54, 1.807) is 0 Å². The van der Waals surface area contributed by atoms with Gasteiger partial charge in [0.2, 0.25) is 0 Å². The summed E-state index contributed by atoms with van der Waals surface area (Å²) in [7, 11) is 0. The number of hydrogen-bond acceptors (Lipinski definition) is 2. The van der Waals surface area contributed by atoms with Gasteiger partial charge in [0.1, 0.15) is 6.10 Å². The summed E-state index contributed by atoms with van der Waals surface area (Å²) in [6.45, 7) is 3.32. The van der Waals surface area contributed by atoms with E-state index >= 15 is 0 Å². The second-order valence-electron chi connectivity index (χ2n) is 3.03. The molecule has 1 atom stereocenters. The van der Waals surface area contributed by atoms with Crippen molar-refractivity contribution in [2.75, 3.05) is 0 Å². The van der Waals surface area contributed by atoms with Crippen LogP contribution in [0.5, 0.6) is 0 Å². The SMILES string of the molecule is Cc1ccc(SOC(C)C(F)F)cc1. The summed E-state index contributed by atoms with van der Waals surface area (Å²) in [6, 6.07) is 7.52. The van der Waals surface area contributed by atoms with Crippen LogP contribution in [0.4, 0.5) is 8.78 Å². The highest BCUT2D eigenvalue weighted by Gasteiger charge is 2.15. The van der Waals surface area contributed by atoms with E-state index in [0.717, 1.165) is 22.5 Å². The fourth-order valence-corrected chi connectivity index (χ4v) is 1.36. The standard InChI is InChI=1S/C10H12F2OS/c1-7-3-5-9(6-4-7)14-13-8(2)10(11)12/h3-6,8,10H,1-2H3. The van der Waals surface area contributed by atoms with Gasteiger partial charge in [-0.3, -0.25) is 0 Å². The Morgan fingerprint density at radius 2 is 1.79 bits per heavy atom. The van der Waals surface area contributed by atoms with Crippen molar-refractivity contribution < 1.29 is 13.0 Å². The highest BCUT2D eigenvalue weighted by Crippen LogP contribution is 2.22. The van der Waals surface area contributed by atoms with E-state index in [4.69, 9.17) is 4.18 Å². The van der Waals surface area contributed by atoms with Crippen molar-refractivity contribution in [2.24, 2.45) is 0 Å². The molecule has 0 fully saturated rings. The minimum Gasteiger partial charge on any atom is -0.301 e. The zero-order chi connectivity index (χ0) is 10.6. The first-order chi connectivity index (χ1) is 6.59. The fourth-order valence-electron chi connectivity index (χ4n) is 0.767. The van der Waals surface area contributed by atoms with E-state index in [-0.39, 0.29) is 0 Å². The molecule has 0 radical (unpaired) electrons. The van der Waals surface area contributed by atoms with Gasteiger partial charge < -0.3 is 4.18 Å². The molecule has 78 valence electrons. The van der Waals surface area contributed by atoms with Crippen LogP contribution in [-0.4, -0.2) is 12.5 Å². The Hall–Kier alpha value is -0.610. The molecule has 0 aliphatic carbocycles. The van der Waals surface area contributed by atoms with Crippen LogP contribution in [-0.2, 0) is 4.18 Å². The average molecular weight is 218 g/mol. The van der Waals surface area contributed by atoms with Crippen molar-refractivity contribution in [3.05, 3.63) is 29.8 Å². The molecule has 1 aromatic rings. The molecule has 1 aromatic carbocycles. The zero-order valence-electron chi connectivity index (χ0n) is 8.04. The second kappa shape index (κ2) is 5.32. The zero-order valence-corrected chi connectivity index (χ0v) is 8.85. The molecule has 4 heteroatoms. The van der Waals surface area contributed by atoms with Gasteiger partial charge in [-0.05, 0) is 26.0 Å². The van der Waals surface area contributed by atoms with Gasteiger partial charge in [0.15, 0.2) is 0 Å². The summed E-state index contributed by atoms with van der Waals surface area (Å²) in [5, 5.41) is 0. The predicted molar refractivity (Wildman–Crippen MR) is 53.6 cm³/mol. The van der Waals surface area contributed by atoms with Crippen molar-refractivity contribution in [1.82, 2.24) is 0 Å². The smallest absolute Gasteiger partial charge is 0.265 e. The fraction of sp³-hybridized carbons (Fsp3) is 0.400. The molecule has 0 amide bonds. The quantitative estimate of drug-likeness (QED) is 0.713. The second-order valence-corrected chi connectivity index (χ2v) is 3.86. The van der Waals surface area contributed by atoms with Crippen molar-refractivity contribution in [3.63, 3.8) is 0 Å². The van der Waals surface area contributed by atoms with E-state index in [9.17, 15) is 8.78 Å². The van der Waals surface area contributed by atoms with Crippen molar-refractivity contribution in [1.29, 1.82) is 0 Å². The molecular weight excluding hydrogens is 206 g/mol. The molecule has 1 nitrogen and oxygen atoms in total. The monoisotopic (exact) mass is 218 g/mol. The summed E-state index contributed by atoms with van der Waals surface area (Å²) in [4.78, 5) is 0.836. The number of hydrogen-bond donors (Lipinski definition) is 0. The first-order valence-electron chi connectivity index (χ1n) is 4.27. The van der Waals surface area contributed by atoms with E-state index in [1.165, 1.54) is 6.92 Å². The minimum atomic E-state index is -2.44. The molecule has 14 heavy (non-hydrogen) atoms. The Balaban J connectivity index is 2.42. The normalized spacial score (nSPS) is 13.2. The van der Waals surface area contributed by atoms with Gasteiger partial charge in [0.25, 0.3) is 6.43 Å². The van der Waals surface area contributed by atoms with Crippen LogP contribution in [0.3, 0.4) is 0 Å². The molecule has 0 spiro atoms. The maximum Gasteiger partial charge on any atom is 0.265 e. The lowest BCUT2D eigenvalue weighted by Crippen LogP contribution is -2.14. The predicted octanol–water partition coefficient (Wildman–Crippen LogP) is 3.67. The largest absolute Gasteiger partial charge is 0.301 e. The van der Waals surface area contributed by atoms with E-state index in [2.05, 4.69) is 0 Å². The van der Waals surface area contributed by atoms with Gasteiger partial charge in [-0.1, -0.05) is 17.7 Å². The lowest BCUT2D eigenvalue weighted by molar-refractivity contribution is 0.0341. The van der Waals surface area contributed by atoms with Crippen molar-refractivity contribution in [2.45, 2.75) is 31.3 Å². The third kappa shape index (κ3) is 3.64. The number of aryl methyl sites for hydroxylation is 1. The Kier molecular flexibility index (Phi) is 4.35. The summed E-state index contributed by atoms with van der Waals surface area (Å²) >= 11 is 0.986. The number of alkyl halides is 2. The summed E-state index contributed by atoms with van der Waals surface area (Å²) in [6.07, 6.45) is -3.48. The first kappa shape index (κ1) is 11.5. The van der Waals surface area contributed by atoms with Crippen molar-refractivity contribution >= 4 is 12.0 Å². The molecular formula is C10H12F2OS. The number of benzene rings is 1. The topological polar surface area (TPSA) is 9.23 Å². The molecule has 1 unspecified atom stereocenters.